The largest absolute Gasteiger partial charge is 0.497 e. The molecule has 0 N–H and O–H groups in total. The molecule has 0 heterocycles. The predicted molar refractivity (Wildman–Crippen MR) is 117 cm³/mol. The third-order valence-electron chi connectivity index (χ3n) is 8.02. The standard InChI is InChI=1S/C26H32O4/c1-27-19-5-7-21(23(10-19)29-3)25-12-17-9-18(13-25)15-26(14-17,16-25)22-8-6-20(28-2)11-24(22)30-4/h5-8,10-11,17-18H,9,12-16H2,1-4H3. The molecule has 0 amide bonds. The van der Waals surface area contributed by atoms with Gasteiger partial charge in [0, 0.05) is 34.1 Å². The van der Waals surface area contributed by atoms with Crippen molar-refractivity contribution in [3.8, 4) is 23.0 Å². The van der Waals surface area contributed by atoms with Gasteiger partial charge in [-0.2, -0.15) is 0 Å². The van der Waals surface area contributed by atoms with Gasteiger partial charge in [0.05, 0.1) is 28.4 Å². The lowest BCUT2D eigenvalue weighted by Gasteiger charge is -2.63. The van der Waals surface area contributed by atoms with E-state index in [1.807, 2.05) is 0 Å². The molecule has 30 heavy (non-hydrogen) atoms. The molecule has 4 nitrogen and oxygen atoms in total. The molecule has 0 atom stereocenters. The van der Waals surface area contributed by atoms with Crippen molar-refractivity contribution in [2.75, 3.05) is 28.4 Å². The average molecular weight is 409 g/mol. The van der Waals surface area contributed by atoms with E-state index in [-0.39, 0.29) is 10.8 Å². The maximum Gasteiger partial charge on any atom is 0.126 e. The zero-order valence-corrected chi connectivity index (χ0v) is 18.5. The first-order valence-corrected chi connectivity index (χ1v) is 11.0. The van der Waals surface area contributed by atoms with Gasteiger partial charge in [0.1, 0.15) is 23.0 Å². The molecule has 4 aliphatic carbocycles. The van der Waals surface area contributed by atoms with Crippen molar-refractivity contribution in [1.82, 2.24) is 0 Å². The Bertz CT molecular complexity index is 863. The van der Waals surface area contributed by atoms with Gasteiger partial charge in [-0.3, -0.25) is 0 Å². The fourth-order valence-electron chi connectivity index (χ4n) is 7.37. The quantitative estimate of drug-likeness (QED) is 0.631. The number of methoxy groups -OCH3 is 4. The third-order valence-corrected chi connectivity index (χ3v) is 8.02. The van der Waals surface area contributed by atoms with E-state index < -0.39 is 0 Å². The van der Waals surface area contributed by atoms with Gasteiger partial charge >= 0.3 is 0 Å². The van der Waals surface area contributed by atoms with Crippen LogP contribution in [0.4, 0.5) is 0 Å². The van der Waals surface area contributed by atoms with Crippen LogP contribution in [-0.4, -0.2) is 28.4 Å². The number of ether oxygens (including phenoxy) is 4. The lowest BCUT2D eigenvalue weighted by atomic mass is 9.41. The highest BCUT2D eigenvalue weighted by Crippen LogP contribution is 2.68. The Kier molecular flexibility index (Phi) is 4.64. The van der Waals surface area contributed by atoms with Crippen LogP contribution in [0.15, 0.2) is 36.4 Å². The maximum absolute atomic E-state index is 5.87. The average Bonchev–Trinajstić information content (AvgIpc) is 2.77. The summed E-state index contributed by atoms with van der Waals surface area (Å²) in [6, 6.07) is 12.8. The van der Waals surface area contributed by atoms with Gasteiger partial charge in [0.2, 0.25) is 0 Å². The van der Waals surface area contributed by atoms with Gasteiger partial charge in [-0.15, -0.1) is 0 Å². The number of hydrogen-bond acceptors (Lipinski definition) is 4. The normalized spacial score (nSPS) is 31.5. The van der Waals surface area contributed by atoms with Crippen molar-refractivity contribution in [3.63, 3.8) is 0 Å². The SMILES string of the molecule is COc1ccc(C23CC4CC(C2)CC(c2ccc(OC)cc2OC)(C4)C3)c(OC)c1. The topological polar surface area (TPSA) is 36.9 Å². The lowest BCUT2D eigenvalue weighted by Crippen LogP contribution is -2.56. The van der Waals surface area contributed by atoms with Crippen molar-refractivity contribution in [2.45, 2.75) is 49.4 Å². The van der Waals surface area contributed by atoms with E-state index in [1.165, 1.54) is 43.2 Å². The van der Waals surface area contributed by atoms with Crippen molar-refractivity contribution in [3.05, 3.63) is 47.5 Å². The van der Waals surface area contributed by atoms with Crippen LogP contribution in [-0.2, 0) is 10.8 Å². The zero-order chi connectivity index (χ0) is 20.9. The minimum Gasteiger partial charge on any atom is -0.497 e. The molecule has 4 heteroatoms. The summed E-state index contributed by atoms with van der Waals surface area (Å²) in [6.07, 6.45) is 7.54. The Balaban J connectivity index is 1.62. The molecule has 4 bridgehead atoms. The van der Waals surface area contributed by atoms with E-state index in [9.17, 15) is 0 Å². The molecule has 0 spiro atoms. The van der Waals surface area contributed by atoms with E-state index in [1.54, 1.807) is 28.4 Å². The van der Waals surface area contributed by atoms with E-state index in [4.69, 9.17) is 18.9 Å². The van der Waals surface area contributed by atoms with Gasteiger partial charge in [-0.25, -0.2) is 0 Å². The highest BCUT2D eigenvalue weighted by Gasteiger charge is 2.59. The molecule has 160 valence electrons. The molecule has 6 rings (SSSR count). The monoisotopic (exact) mass is 408 g/mol. The first-order valence-electron chi connectivity index (χ1n) is 11.0. The predicted octanol–water partition coefficient (Wildman–Crippen LogP) is 5.51. The van der Waals surface area contributed by atoms with Gasteiger partial charge in [0.15, 0.2) is 0 Å². The summed E-state index contributed by atoms with van der Waals surface area (Å²) >= 11 is 0. The number of rotatable bonds is 6. The summed E-state index contributed by atoms with van der Waals surface area (Å²) in [4.78, 5) is 0. The minimum atomic E-state index is 0.159. The van der Waals surface area contributed by atoms with Crippen LogP contribution < -0.4 is 18.9 Å². The Labute approximate surface area is 179 Å². The first-order chi connectivity index (χ1) is 14.5. The molecule has 0 saturated heterocycles. The summed E-state index contributed by atoms with van der Waals surface area (Å²) in [5, 5.41) is 0. The molecule has 0 radical (unpaired) electrons. The van der Waals surface area contributed by atoms with Crippen molar-refractivity contribution in [1.29, 1.82) is 0 Å². The van der Waals surface area contributed by atoms with E-state index in [0.717, 1.165) is 41.3 Å². The highest BCUT2D eigenvalue weighted by molar-refractivity contribution is 5.51. The summed E-state index contributed by atoms with van der Waals surface area (Å²) in [6.45, 7) is 0. The summed E-state index contributed by atoms with van der Waals surface area (Å²) < 4.78 is 22.7. The molecule has 0 unspecified atom stereocenters. The van der Waals surface area contributed by atoms with Crippen molar-refractivity contribution >= 4 is 0 Å². The number of benzene rings is 2. The molecule has 4 saturated carbocycles. The maximum atomic E-state index is 5.87. The highest BCUT2D eigenvalue weighted by atomic mass is 16.5. The Morgan fingerprint density at radius 2 is 1.07 bits per heavy atom. The second-order valence-electron chi connectivity index (χ2n) is 9.65. The van der Waals surface area contributed by atoms with Crippen LogP contribution >= 0.6 is 0 Å². The van der Waals surface area contributed by atoms with Crippen LogP contribution in [0, 0.1) is 11.8 Å². The molecular weight excluding hydrogens is 376 g/mol. The lowest BCUT2D eigenvalue weighted by molar-refractivity contribution is -0.0297. The van der Waals surface area contributed by atoms with Crippen LogP contribution in [0.2, 0.25) is 0 Å². The number of hydrogen-bond donors (Lipinski definition) is 0. The molecule has 0 aliphatic heterocycles. The molecule has 2 aromatic rings. The third kappa shape index (κ3) is 2.87. The molecule has 4 aliphatic rings. The smallest absolute Gasteiger partial charge is 0.126 e. The van der Waals surface area contributed by atoms with Crippen LogP contribution in [0.5, 0.6) is 23.0 Å². The molecule has 2 aromatic carbocycles. The summed E-state index contributed by atoms with van der Waals surface area (Å²) in [7, 11) is 6.98. The van der Waals surface area contributed by atoms with Gasteiger partial charge in [-0.1, -0.05) is 12.1 Å². The van der Waals surface area contributed by atoms with Crippen molar-refractivity contribution < 1.29 is 18.9 Å². The van der Waals surface area contributed by atoms with Crippen LogP contribution in [0.25, 0.3) is 0 Å². The second-order valence-corrected chi connectivity index (χ2v) is 9.65. The van der Waals surface area contributed by atoms with Crippen LogP contribution in [0.1, 0.15) is 49.7 Å². The zero-order valence-electron chi connectivity index (χ0n) is 18.5. The fraction of sp³-hybridized carbons (Fsp3) is 0.538. The fourth-order valence-corrected chi connectivity index (χ4v) is 7.37. The van der Waals surface area contributed by atoms with E-state index >= 15 is 0 Å². The Morgan fingerprint density at radius 1 is 0.633 bits per heavy atom. The van der Waals surface area contributed by atoms with E-state index in [0.29, 0.717) is 0 Å². The minimum absolute atomic E-state index is 0.159. The van der Waals surface area contributed by atoms with E-state index in [2.05, 4.69) is 36.4 Å². The summed E-state index contributed by atoms with van der Waals surface area (Å²) in [5.41, 5.74) is 3.03. The van der Waals surface area contributed by atoms with Crippen LogP contribution in [0.3, 0.4) is 0 Å². The first kappa shape index (κ1) is 19.6. The van der Waals surface area contributed by atoms with Crippen molar-refractivity contribution in [2.24, 2.45) is 11.8 Å². The van der Waals surface area contributed by atoms with Gasteiger partial charge in [0.25, 0.3) is 0 Å². The Morgan fingerprint density at radius 3 is 1.43 bits per heavy atom. The van der Waals surface area contributed by atoms with Gasteiger partial charge < -0.3 is 18.9 Å². The molecule has 0 aromatic heterocycles. The molecule has 4 fully saturated rings. The molecular formula is C26H32O4. The Hall–Kier alpha value is -2.36. The summed E-state index contributed by atoms with van der Waals surface area (Å²) in [5.74, 6) is 5.15. The van der Waals surface area contributed by atoms with Gasteiger partial charge in [-0.05, 0) is 62.5 Å². The second kappa shape index (κ2) is 7.11.